The fraction of sp³-hybridized carbons (Fsp3) is 0.357. The third-order valence-corrected chi connectivity index (χ3v) is 4.73. The molecule has 0 radical (unpaired) electrons. The number of rotatable bonds is 5. The molecule has 0 aliphatic rings. The van der Waals surface area contributed by atoms with E-state index >= 15 is 0 Å². The van der Waals surface area contributed by atoms with E-state index < -0.39 is 0 Å². The van der Waals surface area contributed by atoms with Crippen LogP contribution in [-0.4, -0.2) is 22.1 Å². The van der Waals surface area contributed by atoms with E-state index in [4.69, 9.17) is 0 Å². The second kappa shape index (κ2) is 6.85. The number of amides is 1. The Morgan fingerprint density at radius 3 is 2.85 bits per heavy atom. The van der Waals surface area contributed by atoms with E-state index in [9.17, 15) is 4.79 Å². The van der Waals surface area contributed by atoms with Crippen LogP contribution in [0.4, 0.5) is 0 Å². The van der Waals surface area contributed by atoms with Crippen LogP contribution in [0.15, 0.2) is 27.9 Å². The van der Waals surface area contributed by atoms with Gasteiger partial charge in [0, 0.05) is 11.1 Å². The lowest BCUT2D eigenvalue weighted by Crippen LogP contribution is -2.29. The molecule has 1 atom stereocenters. The predicted octanol–water partition coefficient (Wildman–Crippen LogP) is 3.45. The Labute approximate surface area is 127 Å². The molecule has 2 aromatic rings. The second-order valence-electron chi connectivity index (χ2n) is 4.34. The van der Waals surface area contributed by atoms with Gasteiger partial charge in [-0.05, 0) is 31.7 Å². The number of thioether (sulfide) groups is 1. The number of nitrogens with zero attached hydrogens (tertiary/aromatic N) is 2. The molecule has 0 spiro atoms. The van der Waals surface area contributed by atoms with E-state index in [-0.39, 0.29) is 11.9 Å². The Balaban J connectivity index is 2.11. The zero-order valence-corrected chi connectivity index (χ0v) is 13.3. The summed E-state index contributed by atoms with van der Waals surface area (Å²) in [5.74, 6) is -0.142. The minimum Gasteiger partial charge on any atom is -0.342 e. The lowest BCUT2D eigenvalue weighted by molar-refractivity contribution is 0.0930. The Kier molecular flexibility index (Phi) is 5.14. The van der Waals surface area contributed by atoms with Gasteiger partial charge in [0.05, 0.1) is 11.7 Å². The van der Waals surface area contributed by atoms with E-state index in [2.05, 4.69) is 15.3 Å². The molecule has 0 unspecified atom stereocenters. The summed E-state index contributed by atoms with van der Waals surface area (Å²) >= 11 is 3.03. The molecule has 0 bridgehead atoms. The maximum atomic E-state index is 12.2. The molecular formula is C14H17N3OS2. The maximum Gasteiger partial charge on any atom is 0.271 e. The summed E-state index contributed by atoms with van der Waals surface area (Å²) in [7, 11) is 0. The van der Waals surface area contributed by atoms with Crippen LogP contribution in [0.5, 0.6) is 0 Å². The van der Waals surface area contributed by atoms with Gasteiger partial charge in [0.1, 0.15) is 10.0 Å². The number of aromatic nitrogens is 2. The number of thiazole rings is 1. The van der Waals surface area contributed by atoms with Crippen LogP contribution in [0.3, 0.4) is 0 Å². The van der Waals surface area contributed by atoms with Gasteiger partial charge < -0.3 is 5.32 Å². The van der Waals surface area contributed by atoms with Crippen LogP contribution in [0.2, 0.25) is 0 Å². The van der Waals surface area contributed by atoms with Crippen molar-refractivity contribution in [3.63, 3.8) is 0 Å². The van der Waals surface area contributed by atoms with Crippen LogP contribution < -0.4 is 5.32 Å². The van der Waals surface area contributed by atoms with Crippen molar-refractivity contribution >= 4 is 29.0 Å². The highest BCUT2D eigenvalue weighted by molar-refractivity contribution is 8.00. The highest BCUT2D eigenvalue weighted by atomic mass is 32.2. The molecule has 1 amide bonds. The Hall–Kier alpha value is -1.40. The normalized spacial score (nSPS) is 12.2. The summed E-state index contributed by atoms with van der Waals surface area (Å²) in [4.78, 5) is 20.9. The SMILES string of the molecule is CC[C@@H](NC(=O)c1csc(SC)n1)c1cccc(C)n1. The van der Waals surface area contributed by atoms with Crippen LogP contribution in [0.25, 0.3) is 0 Å². The van der Waals surface area contributed by atoms with Gasteiger partial charge in [-0.3, -0.25) is 9.78 Å². The van der Waals surface area contributed by atoms with Crippen molar-refractivity contribution in [3.05, 3.63) is 40.7 Å². The molecule has 4 nitrogen and oxygen atoms in total. The summed E-state index contributed by atoms with van der Waals surface area (Å²) < 4.78 is 0.900. The topological polar surface area (TPSA) is 54.9 Å². The number of carbonyl (C=O) groups excluding carboxylic acids is 1. The van der Waals surface area contributed by atoms with Gasteiger partial charge in [-0.2, -0.15) is 0 Å². The van der Waals surface area contributed by atoms with Crippen molar-refractivity contribution in [2.75, 3.05) is 6.26 Å². The Bertz CT molecular complexity index is 598. The highest BCUT2D eigenvalue weighted by Gasteiger charge is 2.17. The lowest BCUT2D eigenvalue weighted by atomic mass is 10.1. The lowest BCUT2D eigenvalue weighted by Gasteiger charge is -2.16. The van der Waals surface area contributed by atoms with Gasteiger partial charge in [-0.15, -0.1) is 11.3 Å². The van der Waals surface area contributed by atoms with Gasteiger partial charge in [0.2, 0.25) is 0 Å². The first kappa shape index (κ1) is 15.0. The molecule has 20 heavy (non-hydrogen) atoms. The zero-order chi connectivity index (χ0) is 14.5. The standard InChI is InChI=1S/C14H17N3OS2/c1-4-10(11-7-5-6-9(2)15-11)16-13(18)12-8-20-14(17-12)19-3/h5-8,10H,4H2,1-3H3,(H,16,18)/t10-/m1/s1. The molecule has 0 fully saturated rings. The van der Waals surface area contributed by atoms with E-state index in [0.29, 0.717) is 5.69 Å². The number of carbonyl (C=O) groups is 1. The largest absolute Gasteiger partial charge is 0.342 e. The van der Waals surface area contributed by atoms with Crippen LogP contribution in [0.1, 0.15) is 41.3 Å². The first-order valence-electron chi connectivity index (χ1n) is 6.38. The summed E-state index contributed by atoms with van der Waals surface area (Å²) in [5, 5.41) is 4.79. The molecule has 0 aliphatic heterocycles. The zero-order valence-electron chi connectivity index (χ0n) is 11.7. The molecule has 0 saturated heterocycles. The van der Waals surface area contributed by atoms with Crippen molar-refractivity contribution in [3.8, 4) is 0 Å². The first-order valence-corrected chi connectivity index (χ1v) is 8.48. The molecule has 0 aromatic carbocycles. The molecule has 6 heteroatoms. The Morgan fingerprint density at radius 1 is 1.45 bits per heavy atom. The van der Waals surface area contributed by atoms with Crippen molar-refractivity contribution in [2.45, 2.75) is 30.6 Å². The summed E-state index contributed by atoms with van der Waals surface area (Å²) in [6.45, 7) is 3.98. The third-order valence-electron chi connectivity index (χ3n) is 2.87. The highest BCUT2D eigenvalue weighted by Crippen LogP contribution is 2.21. The van der Waals surface area contributed by atoms with E-state index in [0.717, 1.165) is 22.1 Å². The molecule has 2 rings (SSSR count). The van der Waals surface area contributed by atoms with Crippen LogP contribution >= 0.6 is 23.1 Å². The molecule has 2 aromatic heterocycles. The van der Waals surface area contributed by atoms with Crippen molar-refractivity contribution in [1.82, 2.24) is 15.3 Å². The smallest absolute Gasteiger partial charge is 0.271 e. The molecule has 1 N–H and O–H groups in total. The predicted molar refractivity (Wildman–Crippen MR) is 83.4 cm³/mol. The van der Waals surface area contributed by atoms with E-state index in [1.807, 2.05) is 38.3 Å². The van der Waals surface area contributed by atoms with Crippen molar-refractivity contribution in [1.29, 1.82) is 0 Å². The average molecular weight is 307 g/mol. The van der Waals surface area contributed by atoms with Crippen molar-refractivity contribution in [2.24, 2.45) is 0 Å². The van der Waals surface area contributed by atoms with Gasteiger partial charge in [0.25, 0.3) is 5.91 Å². The maximum absolute atomic E-state index is 12.2. The minimum absolute atomic E-state index is 0.0816. The Morgan fingerprint density at radius 2 is 2.25 bits per heavy atom. The van der Waals surface area contributed by atoms with Crippen LogP contribution in [-0.2, 0) is 0 Å². The number of aryl methyl sites for hydroxylation is 1. The number of nitrogens with one attached hydrogen (secondary N) is 1. The summed E-state index contributed by atoms with van der Waals surface area (Å²) in [6, 6.07) is 5.77. The molecular weight excluding hydrogens is 290 g/mol. The molecule has 2 heterocycles. The second-order valence-corrected chi connectivity index (χ2v) is 6.25. The van der Waals surface area contributed by atoms with E-state index in [1.54, 1.807) is 17.1 Å². The summed E-state index contributed by atoms with van der Waals surface area (Å²) in [6.07, 6.45) is 2.74. The van der Waals surface area contributed by atoms with Gasteiger partial charge >= 0.3 is 0 Å². The van der Waals surface area contributed by atoms with Gasteiger partial charge in [-0.1, -0.05) is 24.8 Å². The molecule has 0 saturated carbocycles. The van der Waals surface area contributed by atoms with E-state index in [1.165, 1.54) is 11.3 Å². The van der Waals surface area contributed by atoms with Gasteiger partial charge in [0.15, 0.2) is 0 Å². The fourth-order valence-corrected chi connectivity index (χ4v) is 3.07. The molecule has 0 aliphatic carbocycles. The molecule has 106 valence electrons. The number of hydrogen-bond donors (Lipinski definition) is 1. The third kappa shape index (κ3) is 3.58. The van der Waals surface area contributed by atoms with Crippen molar-refractivity contribution < 1.29 is 4.79 Å². The number of pyridine rings is 1. The quantitative estimate of drug-likeness (QED) is 0.860. The van der Waals surface area contributed by atoms with Crippen LogP contribution in [0, 0.1) is 6.92 Å². The first-order chi connectivity index (χ1) is 9.63. The monoisotopic (exact) mass is 307 g/mol. The number of hydrogen-bond acceptors (Lipinski definition) is 5. The minimum atomic E-state index is -0.142. The fourth-order valence-electron chi connectivity index (χ4n) is 1.83. The average Bonchev–Trinajstić information content (AvgIpc) is 2.93. The summed E-state index contributed by atoms with van der Waals surface area (Å²) in [5.41, 5.74) is 2.32. The van der Waals surface area contributed by atoms with Gasteiger partial charge in [-0.25, -0.2) is 4.98 Å².